The number of nitriles is 1. The van der Waals surface area contributed by atoms with E-state index in [1.807, 2.05) is 18.2 Å². The summed E-state index contributed by atoms with van der Waals surface area (Å²) < 4.78 is 0. The molecule has 1 amide bonds. The molecule has 7 heteroatoms. The maximum atomic E-state index is 12.3. The number of nitrogens with zero attached hydrogens (tertiary/aromatic N) is 5. The zero-order valence-electron chi connectivity index (χ0n) is 16.2. The Hall–Kier alpha value is -3.53. The van der Waals surface area contributed by atoms with Gasteiger partial charge in [0.25, 0.3) is 0 Å². The van der Waals surface area contributed by atoms with Crippen molar-refractivity contribution in [2.45, 2.75) is 39.2 Å². The van der Waals surface area contributed by atoms with Crippen LogP contribution in [0.1, 0.15) is 43.2 Å². The third-order valence-electron chi connectivity index (χ3n) is 4.25. The molecule has 0 unspecified atom stereocenters. The zero-order chi connectivity index (χ0) is 20.1. The summed E-state index contributed by atoms with van der Waals surface area (Å²) in [5.74, 6) is 0.247. The van der Waals surface area contributed by atoms with Gasteiger partial charge in [-0.2, -0.15) is 15.2 Å². The number of pyridine rings is 1. The molecule has 0 saturated heterocycles. The monoisotopic (exact) mass is 374 g/mol. The molecule has 28 heavy (non-hydrogen) atoms. The lowest BCUT2D eigenvalue weighted by atomic mass is 9.86. The summed E-state index contributed by atoms with van der Waals surface area (Å²) in [7, 11) is 0. The van der Waals surface area contributed by atoms with Gasteiger partial charge in [0, 0.05) is 6.20 Å². The second kappa shape index (κ2) is 8.01. The summed E-state index contributed by atoms with van der Waals surface area (Å²) in [5.41, 5.74) is 3.49. The van der Waals surface area contributed by atoms with Gasteiger partial charge in [0.15, 0.2) is 5.82 Å². The lowest BCUT2D eigenvalue weighted by molar-refractivity contribution is -0.115. The number of benzene rings is 1. The molecule has 0 atom stereocenters. The molecular formula is C21H22N6O. The Labute approximate surface area is 164 Å². The maximum absolute atomic E-state index is 12.3. The smallest absolute Gasteiger partial charge is 0.230 e. The summed E-state index contributed by atoms with van der Waals surface area (Å²) in [6.45, 7) is 6.83. The van der Waals surface area contributed by atoms with Gasteiger partial charge < -0.3 is 5.32 Å². The number of hydrogen-bond acceptors (Lipinski definition) is 5. The molecule has 3 aromatic rings. The van der Waals surface area contributed by atoms with E-state index < -0.39 is 0 Å². The highest BCUT2D eigenvalue weighted by Crippen LogP contribution is 2.22. The predicted molar refractivity (Wildman–Crippen MR) is 106 cm³/mol. The van der Waals surface area contributed by atoms with Crippen LogP contribution in [0.25, 0.3) is 0 Å². The van der Waals surface area contributed by atoms with Gasteiger partial charge in [-0.15, -0.1) is 5.10 Å². The SMILES string of the molecule is CC(C)(C)c1ccc(CC(=O)Nc2cnn(Cc3ccc(C#N)cn3)n2)cc1. The minimum Gasteiger partial charge on any atom is -0.308 e. The average molecular weight is 374 g/mol. The number of carbonyl (C=O) groups is 1. The van der Waals surface area contributed by atoms with Crippen LogP contribution in [-0.2, 0) is 23.2 Å². The van der Waals surface area contributed by atoms with Crippen LogP contribution in [0, 0.1) is 11.3 Å². The van der Waals surface area contributed by atoms with Crippen molar-refractivity contribution in [1.82, 2.24) is 20.0 Å². The lowest BCUT2D eigenvalue weighted by Gasteiger charge is -2.19. The van der Waals surface area contributed by atoms with Crippen LogP contribution >= 0.6 is 0 Å². The first-order valence-electron chi connectivity index (χ1n) is 8.98. The van der Waals surface area contributed by atoms with Crippen molar-refractivity contribution in [3.63, 3.8) is 0 Å². The Balaban J connectivity index is 1.57. The molecular weight excluding hydrogens is 352 g/mol. The highest BCUT2D eigenvalue weighted by molar-refractivity contribution is 5.91. The molecule has 2 heterocycles. The Morgan fingerprint density at radius 1 is 1.14 bits per heavy atom. The van der Waals surface area contributed by atoms with E-state index in [-0.39, 0.29) is 17.7 Å². The largest absolute Gasteiger partial charge is 0.308 e. The van der Waals surface area contributed by atoms with Gasteiger partial charge in [-0.05, 0) is 28.7 Å². The summed E-state index contributed by atoms with van der Waals surface area (Å²) in [4.78, 5) is 17.9. The third-order valence-corrected chi connectivity index (χ3v) is 4.25. The van der Waals surface area contributed by atoms with E-state index >= 15 is 0 Å². The Bertz CT molecular complexity index is 991. The lowest BCUT2D eigenvalue weighted by Crippen LogP contribution is -2.16. The number of aromatic nitrogens is 4. The van der Waals surface area contributed by atoms with Crippen molar-refractivity contribution in [1.29, 1.82) is 5.26 Å². The second-order valence-corrected chi connectivity index (χ2v) is 7.58. The second-order valence-electron chi connectivity index (χ2n) is 7.58. The van der Waals surface area contributed by atoms with Gasteiger partial charge >= 0.3 is 0 Å². The summed E-state index contributed by atoms with van der Waals surface area (Å²) >= 11 is 0. The zero-order valence-corrected chi connectivity index (χ0v) is 16.2. The van der Waals surface area contributed by atoms with E-state index in [2.05, 4.69) is 53.4 Å². The van der Waals surface area contributed by atoms with Crippen molar-refractivity contribution >= 4 is 11.7 Å². The van der Waals surface area contributed by atoms with Crippen LogP contribution in [0.2, 0.25) is 0 Å². The van der Waals surface area contributed by atoms with Crippen LogP contribution in [0.4, 0.5) is 5.82 Å². The van der Waals surface area contributed by atoms with Crippen LogP contribution in [0.3, 0.4) is 0 Å². The van der Waals surface area contributed by atoms with Gasteiger partial charge in [0.1, 0.15) is 12.6 Å². The maximum Gasteiger partial charge on any atom is 0.230 e. The number of rotatable bonds is 5. The molecule has 142 valence electrons. The molecule has 7 nitrogen and oxygen atoms in total. The number of carbonyl (C=O) groups excluding carboxylic acids is 1. The molecule has 0 fully saturated rings. The predicted octanol–water partition coefficient (Wildman–Crippen LogP) is 3.07. The van der Waals surface area contributed by atoms with Gasteiger partial charge in [-0.1, -0.05) is 45.0 Å². The summed E-state index contributed by atoms with van der Waals surface area (Å²) in [5, 5.41) is 19.9. The fourth-order valence-electron chi connectivity index (χ4n) is 2.65. The Kier molecular flexibility index (Phi) is 5.50. The fraction of sp³-hybridized carbons (Fsp3) is 0.286. The van der Waals surface area contributed by atoms with Crippen molar-refractivity contribution in [2.24, 2.45) is 0 Å². The standard InChI is InChI=1S/C21H22N6O/c1-21(2,3)17-7-4-15(5-8-17)10-20(28)25-19-13-24-27(26-19)14-18-9-6-16(11-22)12-23-18/h4-9,12-13H,10,14H2,1-3H3,(H,25,26,28). The molecule has 0 bridgehead atoms. The molecule has 3 rings (SSSR count). The van der Waals surface area contributed by atoms with E-state index in [4.69, 9.17) is 5.26 Å². The van der Waals surface area contributed by atoms with E-state index in [0.29, 0.717) is 17.9 Å². The number of amides is 1. The normalized spacial score (nSPS) is 11.1. The first-order valence-corrected chi connectivity index (χ1v) is 8.98. The molecule has 1 aromatic carbocycles. The molecule has 0 saturated carbocycles. The van der Waals surface area contributed by atoms with E-state index in [1.54, 1.807) is 12.1 Å². The minimum atomic E-state index is -0.146. The number of nitrogens with one attached hydrogen (secondary N) is 1. The van der Waals surface area contributed by atoms with E-state index in [1.165, 1.54) is 22.8 Å². The molecule has 0 aliphatic rings. The summed E-state index contributed by atoms with van der Waals surface area (Å²) in [6, 6.07) is 13.5. The molecule has 2 aromatic heterocycles. The van der Waals surface area contributed by atoms with E-state index in [9.17, 15) is 4.79 Å². The first-order chi connectivity index (χ1) is 13.3. The van der Waals surface area contributed by atoms with Crippen molar-refractivity contribution in [3.05, 3.63) is 71.2 Å². The minimum absolute atomic E-state index is 0.0864. The van der Waals surface area contributed by atoms with Gasteiger partial charge in [-0.25, -0.2) is 0 Å². The fourth-order valence-corrected chi connectivity index (χ4v) is 2.65. The Morgan fingerprint density at radius 3 is 2.50 bits per heavy atom. The van der Waals surface area contributed by atoms with Gasteiger partial charge in [0.05, 0.1) is 23.9 Å². The van der Waals surface area contributed by atoms with Crippen LogP contribution in [0.5, 0.6) is 0 Å². The summed E-state index contributed by atoms with van der Waals surface area (Å²) in [6.07, 6.45) is 3.28. The topological polar surface area (TPSA) is 96.5 Å². The van der Waals surface area contributed by atoms with Crippen molar-refractivity contribution in [3.8, 4) is 6.07 Å². The van der Waals surface area contributed by atoms with Crippen molar-refractivity contribution in [2.75, 3.05) is 5.32 Å². The van der Waals surface area contributed by atoms with Crippen LogP contribution in [-0.4, -0.2) is 25.9 Å². The van der Waals surface area contributed by atoms with Crippen LogP contribution in [0.15, 0.2) is 48.8 Å². The molecule has 0 aliphatic heterocycles. The highest BCUT2D eigenvalue weighted by Gasteiger charge is 2.14. The molecule has 1 N–H and O–H groups in total. The highest BCUT2D eigenvalue weighted by atomic mass is 16.1. The van der Waals surface area contributed by atoms with E-state index in [0.717, 1.165) is 11.3 Å². The van der Waals surface area contributed by atoms with Gasteiger partial charge in [0.2, 0.25) is 5.91 Å². The first kappa shape index (κ1) is 19.2. The van der Waals surface area contributed by atoms with Crippen molar-refractivity contribution < 1.29 is 4.79 Å². The molecule has 0 radical (unpaired) electrons. The van der Waals surface area contributed by atoms with Crippen LogP contribution < -0.4 is 5.32 Å². The number of anilines is 1. The number of hydrogen-bond donors (Lipinski definition) is 1. The average Bonchev–Trinajstić information content (AvgIpc) is 3.08. The quantitative estimate of drug-likeness (QED) is 0.740. The Morgan fingerprint density at radius 2 is 1.89 bits per heavy atom. The third kappa shape index (κ3) is 5.01. The molecule has 0 aliphatic carbocycles. The van der Waals surface area contributed by atoms with Gasteiger partial charge in [-0.3, -0.25) is 9.78 Å². The molecule has 0 spiro atoms.